The summed E-state index contributed by atoms with van der Waals surface area (Å²) < 4.78 is 13.5. The maximum atomic E-state index is 11.0. The van der Waals surface area contributed by atoms with Crippen LogP contribution in [0.25, 0.3) is 0 Å². The lowest BCUT2D eigenvalue weighted by Crippen LogP contribution is -2.20. The first kappa shape index (κ1) is 20.0. The number of hydrogen-bond donors (Lipinski definition) is 2. The number of ether oxygens (including phenoxy) is 2. The van der Waals surface area contributed by atoms with E-state index in [1.54, 1.807) is 4.68 Å². The first-order valence-corrected chi connectivity index (χ1v) is 9.20. The summed E-state index contributed by atoms with van der Waals surface area (Å²) >= 11 is 3.46. The summed E-state index contributed by atoms with van der Waals surface area (Å²) in [6.07, 6.45) is 2.07. The van der Waals surface area contributed by atoms with Crippen molar-refractivity contribution >= 4 is 27.8 Å². The van der Waals surface area contributed by atoms with Crippen molar-refractivity contribution < 1.29 is 14.3 Å². The lowest BCUT2D eigenvalue weighted by Gasteiger charge is -2.15. The molecule has 10 heteroatoms. The van der Waals surface area contributed by atoms with Crippen LogP contribution in [0.4, 0.5) is 5.95 Å². The van der Waals surface area contributed by atoms with Gasteiger partial charge >= 0.3 is 0 Å². The van der Waals surface area contributed by atoms with Gasteiger partial charge in [-0.3, -0.25) is 4.79 Å². The number of halogens is 1. The Morgan fingerprint density at radius 2 is 2.15 bits per heavy atom. The standard InChI is InChI=1S/C16H23BrN6O3/c1-3-5-6-23-16(20-21-22-23)19-9-11-7-12(17)15(26-10-14(18)24)13(8-11)25-4-2/h7-8H,3-6,9-10H2,1-2H3,(H2,18,24)(H,19,20,22). The van der Waals surface area contributed by atoms with E-state index < -0.39 is 5.91 Å². The molecule has 1 aromatic heterocycles. The molecule has 1 aromatic carbocycles. The van der Waals surface area contributed by atoms with E-state index in [9.17, 15) is 4.79 Å². The fourth-order valence-electron chi connectivity index (χ4n) is 2.24. The van der Waals surface area contributed by atoms with Crippen molar-refractivity contribution in [1.82, 2.24) is 20.2 Å². The minimum Gasteiger partial charge on any atom is -0.490 e. The molecule has 0 radical (unpaired) electrons. The molecule has 0 unspecified atom stereocenters. The van der Waals surface area contributed by atoms with Gasteiger partial charge in [0.15, 0.2) is 18.1 Å². The Bertz CT molecular complexity index is 737. The third-order valence-corrected chi connectivity index (χ3v) is 4.02. The van der Waals surface area contributed by atoms with Gasteiger partial charge in [0.25, 0.3) is 5.91 Å². The number of unbranched alkanes of at least 4 members (excludes halogenated alkanes) is 1. The zero-order chi connectivity index (χ0) is 18.9. The first-order chi connectivity index (χ1) is 12.5. The summed E-state index contributed by atoms with van der Waals surface area (Å²) in [5.74, 6) is 1.04. The van der Waals surface area contributed by atoms with Crippen molar-refractivity contribution in [1.29, 1.82) is 0 Å². The number of carbonyl (C=O) groups is 1. The predicted octanol–water partition coefficient (Wildman–Crippen LogP) is 2.11. The van der Waals surface area contributed by atoms with Crippen LogP contribution < -0.4 is 20.5 Å². The van der Waals surface area contributed by atoms with E-state index in [0.29, 0.717) is 35.1 Å². The maximum Gasteiger partial charge on any atom is 0.255 e. The quantitative estimate of drug-likeness (QED) is 0.564. The van der Waals surface area contributed by atoms with Gasteiger partial charge in [-0.15, -0.1) is 0 Å². The number of primary amides is 1. The summed E-state index contributed by atoms with van der Waals surface area (Å²) in [4.78, 5) is 11.0. The number of nitrogens with zero attached hydrogens (tertiary/aromatic N) is 4. The SMILES string of the molecule is CCCCn1nnnc1NCc1cc(Br)c(OCC(N)=O)c(OCC)c1. The lowest BCUT2D eigenvalue weighted by atomic mass is 10.2. The minimum atomic E-state index is -0.552. The summed E-state index contributed by atoms with van der Waals surface area (Å²) in [6, 6.07) is 3.73. The zero-order valence-corrected chi connectivity index (χ0v) is 16.5. The number of amides is 1. The second kappa shape index (κ2) is 9.95. The Kier molecular flexibility index (Phi) is 7.64. The van der Waals surface area contributed by atoms with Crippen molar-refractivity contribution in [2.75, 3.05) is 18.5 Å². The van der Waals surface area contributed by atoms with E-state index in [0.717, 1.165) is 24.9 Å². The fraction of sp³-hybridized carbons (Fsp3) is 0.500. The molecular weight excluding hydrogens is 404 g/mol. The number of tetrazole rings is 1. The topological polar surface area (TPSA) is 117 Å². The molecule has 0 atom stereocenters. The summed E-state index contributed by atoms with van der Waals surface area (Å²) in [5.41, 5.74) is 6.09. The molecule has 26 heavy (non-hydrogen) atoms. The van der Waals surface area contributed by atoms with Crippen LogP contribution in [0.2, 0.25) is 0 Å². The Morgan fingerprint density at radius 1 is 1.35 bits per heavy atom. The molecule has 1 amide bonds. The number of anilines is 1. The van der Waals surface area contributed by atoms with Gasteiger partial charge < -0.3 is 20.5 Å². The van der Waals surface area contributed by atoms with Crippen LogP contribution in [0, 0.1) is 0 Å². The van der Waals surface area contributed by atoms with Crippen LogP contribution in [0.3, 0.4) is 0 Å². The molecule has 0 spiro atoms. The molecule has 1 heterocycles. The van der Waals surface area contributed by atoms with E-state index in [2.05, 4.69) is 43.7 Å². The van der Waals surface area contributed by atoms with Crippen LogP contribution in [-0.2, 0) is 17.9 Å². The van der Waals surface area contributed by atoms with E-state index in [4.69, 9.17) is 15.2 Å². The van der Waals surface area contributed by atoms with E-state index in [1.807, 2.05) is 19.1 Å². The van der Waals surface area contributed by atoms with Crippen LogP contribution in [0.1, 0.15) is 32.3 Å². The van der Waals surface area contributed by atoms with Crippen molar-refractivity contribution in [2.45, 2.75) is 39.8 Å². The van der Waals surface area contributed by atoms with Crippen LogP contribution in [0.15, 0.2) is 16.6 Å². The average Bonchev–Trinajstić information content (AvgIpc) is 3.04. The third-order valence-electron chi connectivity index (χ3n) is 3.43. The number of aromatic nitrogens is 4. The summed E-state index contributed by atoms with van der Waals surface area (Å²) in [6.45, 7) is 5.50. The minimum absolute atomic E-state index is 0.220. The molecule has 0 aliphatic rings. The Hall–Kier alpha value is -2.36. The van der Waals surface area contributed by atoms with Crippen molar-refractivity contribution in [3.8, 4) is 11.5 Å². The highest BCUT2D eigenvalue weighted by Crippen LogP contribution is 2.37. The van der Waals surface area contributed by atoms with E-state index >= 15 is 0 Å². The molecule has 0 fully saturated rings. The number of aryl methyl sites for hydroxylation is 1. The number of carbonyl (C=O) groups excluding carboxylic acids is 1. The monoisotopic (exact) mass is 426 g/mol. The second-order valence-corrected chi connectivity index (χ2v) is 6.38. The summed E-state index contributed by atoms with van der Waals surface area (Å²) in [5, 5.41) is 14.9. The van der Waals surface area contributed by atoms with Gasteiger partial charge in [0.1, 0.15) is 0 Å². The molecule has 2 aromatic rings. The van der Waals surface area contributed by atoms with Crippen LogP contribution >= 0.6 is 15.9 Å². The van der Waals surface area contributed by atoms with Crippen molar-refractivity contribution in [3.63, 3.8) is 0 Å². The first-order valence-electron chi connectivity index (χ1n) is 8.41. The lowest BCUT2D eigenvalue weighted by molar-refractivity contribution is -0.119. The van der Waals surface area contributed by atoms with Crippen LogP contribution in [-0.4, -0.2) is 39.3 Å². The normalized spacial score (nSPS) is 10.6. The van der Waals surface area contributed by atoms with Gasteiger partial charge in [0.2, 0.25) is 5.95 Å². The molecule has 0 saturated heterocycles. The molecule has 0 aliphatic carbocycles. The van der Waals surface area contributed by atoms with Gasteiger partial charge in [-0.25, -0.2) is 4.68 Å². The van der Waals surface area contributed by atoms with Gasteiger partial charge in [0, 0.05) is 13.1 Å². The molecule has 142 valence electrons. The Labute approximate surface area is 160 Å². The molecule has 9 nitrogen and oxygen atoms in total. The Balaban J connectivity index is 2.12. The highest BCUT2D eigenvalue weighted by Gasteiger charge is 2.14. The second-order valence-electron chi connectivity index (χ2n) is 5.53. The predicted molar refractivity (Wildman–Crippen MR) is 100 cm³/mol. The Morgan fingerprint density at radius 3 is 2.85 bits per heavy atom. The highest BCUT2D eigenvalue weighted by atomic mass is 79.9. The number of nitrogens with two attached hydrogens (primary N) is 1. The van der Waals surface area contributed by atoms with Crippen molar-refractivity contribution in [2.24, 2.45) is 5.73 Å². The largest absolute Gasteiger partial charge is 0.490 e. The molecule has 0 aliphatic heterocycles. The smallest absolute Gasteiger partial charge is 0.255 e. The fourth-order valence-corrected chi connectivity index (χ4v) is 2.84. The van der Waals surface area contributed by atoms with Crippen molar-refractivity contribution in [3.05, 3.63) is 22.2 Å². The van der Waals surface area contributed by atoms with Gasteiger partial charge in [-0.2, -0.15) is 0 Å². The number of benzene rings is 1. The summed E-state index contributed by atoms with van der Waals surface area (Å²) in [7, 11) is 0. The van der Waals surface area contributed by atoms with E-state index in [1.165, 1.54) is 0 Å². The third kappa shape index (κ3) is 5.58. The molecule has 3 N–H and O–H groups in total. The number of rotatable bonds is 11. The molecule has 0 bridgehead atoms. The maximum absolute atomic E-state index is 11.0. The highest BCUT2D eigenvalue weighted by molar-refractivity contribution is 9.10. The van der Waals surface area contributed by atoms with Gasteiger partial charge in [-0.1, -0.05) is 18.4 Å². The van der Waals surface area contributed by atoms with E-state index in [-0.39, 0.29) is 6.61 Å². The van der Waals surface area contributed by atoms with Gasteiger partial charge in [-0.05, 0) is 57.4 Å². The number of hydrogen-bond acceptors (Lipinski definition) is 7. The van der Waals surface area contributed by atoms with Crippen LogP contribution in [0.5, 0.6) is 11.5 Å². The molecule has 2 rings (SSSR count). The molecule has 0 saturated carbocycles. The number of nitrogens with one attached hydrogen (secondary N) is 1. The zero-order valence-electron chi connectivity index (χ0n) is 14.9. The molecular formula is C16H23BrN6O3. The average molecular weight is 427 g/mol. The van der Waals surface area contributed by atoms with Gasteiger partial charge in [0.05, 0.1) is 11.1 Å².